The molecule has 0 amide bonds. The molecule has 0 spiro atoms. The van der Waals surface area contributed by atoms with E-state index in [0.29, 0.717) is 11.7 Å². The Morgan fingerprint density at radius 1 is 1.33 bits per heavy atom. The number of ketones is 1. The number of hydrogen-bond donors (Lipinski definition) is 0. The van der Waals surface area contributed by atoms with Gasteiger partial charge in [0.15, 0.2) is 0 Å². The quantitative estimate of drug-likeness (QED) is 0.686. The van der Waals surface area contributed by atoms with Crippen molar-refractivity contribution in [3.8, 4) is 0 Å². The first kappa shape index (κ1) is 11.2. The number of carbonyl (C=O) groups is 1. The van der Waals surface area contributed by atoms with Crippen molar-refractivity contribution in [2.45, 2.75) is 59.3 Å². The zero-order valence-electron chi connectivity index (χ0n) is 10.4. The second-order valence-corrected chi connectivity index (χ2v) is 6.53. The van der Waals surface area contributed by atoms with Crippen molar-refractivity contribution < 1.29 is 4.79 Å². The predicted octanol–water partition coefficient (Wildman–Crippen LogP) is 3.82. The molecule has 0 saturated heterocycles. The minimum Gasteiger partial charge on any atom is -0.299 e. The number of rotatable bonds is 4. The van der Waals surface area contributed by atoms with Crippen LogP contribution < -0.4 is 0 Å². The van der Waals surface area contributed by atoms with Crippen LogP contribution >= 0.6 is 0 Å². The topological polar surface area (TPSA) is 17.1 Å². The van der Waals surface area contributed by atoms with Crippen LogP contribution in [0.2, 0.25) is 0 Å². The van der Waals surface area contributed by atoms with Gasteiger partial charge in [0.2, 0.25) is 0 Å². The van der Waals surface area contributed by atoms with Gasteiger partial charge in [-0.3, -0.25) is 4.79 Å². The summed E-state index contributed by atoms with van der Waals surface area (Å²) in [5, 5.41) is 0. The van der Waals surface area contributed by atoms with Gasteiger partial charge >= 0.3 is 0 Å². The highest BCUT2D eigenvalue weighted by atomic mass is 16.1. The Morgan fingerprint density at radius 2 is 2.00 bits per heavy atom. The molecule has 15 heavy (non-hydrogen) atoms. The molecule has 0 aromatic rings. The molecule has 1 heteroatoms. The van der Waals surface area contributed by atoms with Crippen LogP contribution in [0, 0.1) is 23.2 Å². The third-order valence-electron chi connectivity index (χ3n) is 4.34. The zero-order chi connectivity index (χ0) is 11.1. The monoisotopic (exact) mass is 208 g/mol. The Labute approximate surface area is 93.6 Å². The van der Waals surface area contributed by atoms with Gasteiger partial charge in [0.1, 0.15) is 5.78 Å². The highest BCUT2D eigenvalue weighted by molar-refractivity contribution is 5.82. The third kappa shape index (κ3) is 2.62. The van der Waals surface area contributed by atoms with Crippen molar-refractivity contribution >= 4 is 5.78 Å². The molecular formula is C14H24O. The van der Waals surface area contributed by atoms with Crippen molar-refractivity contribution in [1.29, 1.82) is 0 Å². The highest BCUT2D eigenvalue weighted by Crippen LogP contribution is 2.47. The van der Waals surface area contributed by atoms with Crippen LogP contribution in [-0.2, 0) is 4.79 Å². The molecule has 2 atom stereocenters. The normalized spacial score (nSPS) is 34.3. The minimum atomic E-state index is 0.264. The van der Waals surface area contributed by atoms with Crippen molar-refractivity contribution in [2.24, 2.45) is 23.2 Å². The highest BCUT2D eigenvalue weighted by Gasteiger charge is 2.42. The van der Waals surface area contributed by atoms with Crippen molar-refractivity contribution in [2.75, 3.05) is 0 Å². The molecule has 1 unspecified atom stereocenters. The summed E-state index contributed by atoms with van der Waals surface area (Å²) in [6.45, 7) is 6.84. The van der Waals surface area contributed by atoms with Crippen molar-refractivity contribution in [3.05, 3.63) is 0 Å². The van der Waals surface area contributed by atoms with Gasteiger partial charge in [-0.1, -0.05) is 33.6 Å². The average molecular weight is 208 g/mol. The first-order valence-electron chi connectivity index (χ1n) is 6.52. The number of hydrogen-bond acceptors (Lipinski definition) is 1. The van der Waals surface area contributed by atoms with Gasteiger partial charge in [-0.25, -0.2) is 0 Å². The van der Waals surface area contributed by atoms with Crippen LogP contribution in [0.25, 0.3) is 0 Å². The molecule has 2 aliphatic carbocycles. The molecule has 86 valence electrons. The van der Waals surface area contributed by atoms with Gasteiger partial charge in [-0.2, -0.15) is 0 Å². The van der Waals surface area contributed by atoms with E-state index in [0.717, 1.165) is 24.7 Å². The lowest BCUT2D eigenvalue weighted by atomic mass is 9.78. The van der Waals surface area contributed by atoms with E-state index in [4.69, 9.17) is 0 Å². The molecule has 0 aromatic heterocycles. The first-order chi connectivity index (χ1) is 6.99. The molecule has 2 aliphatic rings. The largest absolute Gasteiger partial charge is 0.299 e. The fourth-order valence-corrected chi connectivity index (χ4v) is 3.34. The maximum atomic E-state index is 12.1. The Hall–Kier alpha value is -0.330. The summed E-state index contributed by atoms with van der Waals surface area (Å²) in [7, 11) is 0. The average Bonchev–Trinajstić information content (AvgIpc) is 2.88. The SMILES string of the molecule is CC1C[C@@H](C(=O)CCC2CC2)C(C)(C)C1. The van der Waals surface area contributed by atoms with Gasteiger partial charge in [0.05, 0.1) is 0 Å². The molecule has 0 N–H and O–H groups in total. The lowest BCUT2D eigenvalue weighted by Crippen LogP contribution is -2.25. The molecule has 2 saturated carbocycles. The van der Waals surface area contributed by atoms with E-state index < -0.39 is 0 Å². The number of Topliss-reactive ketones (excluding diaryl/α,β-unsaturated/α-hetero) is 1. The zero-order valence-corrected chi connectivity index (χ0v) is 10.4. The molecule has 1 nitrogen and oxygen atoms in total. The minimum absolute atomic E-state index is 0.264. The number of carbonyl (C=O) groups excluding carboxylic acids is 1. The predicted molar refractivity (Wildman–Crippen MR) is 62.6 cm³/mol. The fraction of sp³-hybridized carbons (Fsp3) is 0.929. The summed E-state index contributed by atoms with van der Waals surface area (Å²) in [6, 6.07) is 0. The molecule has 0 aliphatic heterocycles. The van der Waals surface area contributed by atoms with Crippen molar-refractivity contribution in [1.82, 2.24) is 0 Å². The smallest absolute Gasteiger partial charge is 0.136 e. The summed E-state index contributed by atoms with van der Waals surface area (Å²) < 4.78 is 0. The summed E-state index contributed by atoms with van der Waals surface area (Å²) in [5.41, 5.74) is 0.264. The summed E-state index contributed by atoms with van der Waals surface area (Å²) >= 11 is 0. The fourth-order valence-electron chi connectivity index (χ4n) is 3.34. The second-order valence-electron chi connectivity index (χ2n) is 6.53. The standard InChI is InChI=1S/C14H24O/c1-10-8-12(14(2,3)9-10)13(15)7-6-11-4-5-11/h10-12H,4-9H2,1-3H3/t10?,12-/m0/s1. The van der Waals surface area contributed by atoms with Crippen LogP contribution in [0.5, 0.6) is 0 Å². The van der Waals surface area contributed by atoms with Gasteiger partial charge in [0.25, 0.3) is 0 Å². The summed E-state index contributed by atoms with van der Waals surface area (Å²) in [4.78, 5) is 12.1. The van der Waals surface area contributed by atoms with Gasteiger partial charge in [-0.15, -0.1) is 0 Å². The van der Waals surface area contributed by atoms with Crippen LogP contribution in [0.1, 0.15) is 59.3 Å². The molecule has 0 bridgehead atoms. The molecular weight excluding hydrogens is 184 g/mol. The van der Waals surface area contributed by atoms with Gasteiger partial charge < -0.3 is 0 Å². The van der Waals surface area contributed by atoms with Crippen LogP contribution in [0.3, 0.4) is 0 Å². The summed E-state index contributed by atoms with van der Waals surface area (Å²) in [6.07, 6.45) is 7.13. The Bertz CT molecular complexity index is 250. The lowest BCUT2D eigenvalue weighted by molar-refractivity contribution is -0.125. The van der Waals surface area contributed by atoms with Crippen LogP contribution in [0.15, 0.2) is 0 Å². The van der Waals surface area contributed by atoms with Crippen LogP contribution in [-0.4, -0.2) is 5.78 Å². The van der Waals surface area contributed by atoms with Crippen LogP contribution in [0.4, 0.5) is 0 Å². The van der Waals surface area contributed by atoms with E-state index in [1.807, 2.05) is 0 Å². The maximum Gasteiger partial charge on any atom is 0.136 e. The van der Waals surface area contributed by atoms with E-state index >= 15 is 0 Å². The van der Waals surface area contributed by atoms with Gasteiger partial charge in [-0.05, 0) is 36.5 Å². The third-order valence-corrected chi connectivity index (χ3v) is 4.34. The van der Waals surface area contributed by atoms with E-state index in [1.54, 1.807) is 0 Å². The Balaban J connectivity index is 1.87. The summed E-state index contributed by atoms with van der Waals surface area (Å²) in [5.74, 6) is 2.55. The van der Waals surface area contributed by atoms with E-state index in [-0.39, 0.29) is 5.41 Å². The van der Waals surface area contributed by atoms with E-state index in [2.05, 4.69) is 20.8 Å². The van der Waals surface area contributed by atoms with E-state index in [9.17, 15) is 4.79 Å². The lowest BCUT2D eigenvalue weighted by Gasteiger charge is -2.25. The molecule has 0 heterocycles. The van der Waals surface area contributed by atoms with Crippen molar-refractivity contribution in [3.63, 3.8) is 0 Å². The molecule has 2 rings (SSSR count). The molecule has 0 radical (unpaired) electrons. The maximum absolute atomic E-state index is 12.1. The molecule has 2 fully saturated rings. The first-order valence-corrected chi connectivity index (χ1v) is 6.52. The Kier molecular flexibility index (Phi) is 2.92. The Morgan fingerprint density at radius 3 is 2.47 bits per heavy atom. The second kappa shape index (κ2) is 3.92. The molecule has 0 aromatic carbocycles. The van der Waals surface area contributed by atoms with Gasteiger partial charge in [0, 0.05) is 12.3 Å². The van der Waals surface area contributed by atoms with E-state index in [1.165, 1.54) is 25.7 Å².